The smallest absolute Gasteiger partial charge is 0.230 e. The van der Waals surface area contributed by atoms with Crippen molar-refractivity contribution in [1.82, 2.24) is 5.32 Å². The van der Waals surface area contributed by atoms with Gasteiger partial charge >= 0.3 is 0 Å². The van der Waals surface area contributed by atoms with Crippen molar-refractivity contribution in [2.45, 2.75) is 12.2 Å². The minimum atomic E-state index is -0.243. The summed E-state index contributed by atoms with van der Waals surface area (Å²) in [5.41, 5.74) is 2.17. The standard InChI is InChI=1S/C18H20FNO2S/c1-22-17-8-4-15(5-9-17)12-23-13-18(21)20-11-10-14-2-6-16(19)7-3-14/h2-9H,10-13H2,1H3,(H,20,21). The molecule has 0 saturated carbocycles. The third-order valence-electron chi connectivity index (χ3n) is 3.31. The van der Waals surface area contributed by atoms with Gasteiger partial charge in [0.25, 0.3) is 0 Å². The van der Waals surface area contributed by atoms with E-state index in [2.05, 4.69) is 5.32 Å². The van der Waals surface area contributed by atoms with E-state index in [1.165, 1.54) is 12.1 Å². The lowest BCUT2D eigenvalue weighted by atomic mass is 10.1. The lowest BCUT2D eigenvalue weighted by Crippen LogP contribution is -2.27. The molecule has 23 heavy (non-hydrogen) atoms. The minimum absolute atomic E-state index is 0.0191. The van der Waals surface area contributed by atoms with Crippen molar-refractivity contribution in [1.29, 1.82) is 0 Å². The molecule has 0 aromatic heterocycles. The van der Waals surface area contributed by atoms with Crippen LogP contribution in [0, 0.1) is 5.82 Å². The highest BCUT2D eigenvalue weighted by molar-refractivity contribution is 7.99. The molecule has 2 aromatic rings. The fourth-order valence-corrected chi connectivity index (χ4v) is 2.85. The first-order chi connectivity index (χ1) is 11.2. The van der Waals surface area contributed by atoms with E-state index in [9.17, 15) is 9.18 Å². The van der Waals surface area contributed by atoms with E-state index < -0.39 is 0 Å². The summed E-state index contributed by atoms with van der Waals surface area (Å²) < 4.78 is 17.9. The molecule has 0 radical (unpaired) electrons. The topological polar surface area (TPSA) is 38.3 Å². The van der Waals surface area contributed by atoms with Crippen molar-refractivity contribution in [3.05, 3.63) is 65.5 Å². The van der Waals surface area contributed by atoms with Crippen molar-refractivity contribution in [3.63, 3.8) is 0 Å². The van der Waals surface area contributed by atoms with Crippen LogP contribution in [0.15, 0.2) is 48.5 Å². The summed E-state index contributed by atoms with van der Waals surface area (Å²) in [5, 5.41) is 2.88. The molecule has 0 aliphatic carbocycles. The Hall–Kier alpha value is -2.01. The minimum Gasteiger partial charge on any atom is -0.497 e. The third-order valence-corrected chi connectivity index (χ3v) is 4.31. The first-order valence-electron chi connectivity index (χ1n) is 7.39. The number of thioether (sulfide) groups is 1. The Morgan fingerprint density at radius 2 is 1.74 bits per heavy atom. The predicted octanol–water partition coefficient (Wildman–Crippen LogP) is 3.43. The summed E-state index contributed by atoms with van der Waals surface area (Å²) in [6.45, 7) is 0.563. The number of methoxy groups -OCH3 is 1. The maximum Gasteiger partial charge on any atom is 0.230 e. The van der Waals surface area contributed by atoms with Crippen molar-refractivity contribution < 1.29 is 13.9 Å². The Bertz CT molecular complexity index is 614. The first-order valence-corrected chi connectivity index (χ1v) is 8.54. The largest absolute Gasteiger partial charge is 0.497 e. The molecule has 5 heteroatoms. The molecule has 0 aliphatic rings. The zero-order valence-corrected chi connectivity index (χ0v) is 13.9. The van der Waals surface area contributed by atoms with Gasteiger partial charge in [0, 0.05) is 12.3 Å². The van der Waals surface area contributed by atoms with Crippen LogP contribution >= 0.6 is 11.8 Å². The van der Waals surface area contributed by atoms with Gasteiger partial charge < -0.3 is 10.1 Å². The van der Waals surface area contributed by atoms with Crippen LogP contribution in [0.25, 0.3) is 0 Å². The summed E-state index contributed by atoms with van der Waals surface area (Å²) >= 11 is 1.57. The second-order valence-corrected chi connectivity index (χ2v) is 6.05. The Morgan fingerprint density at radius 3 is 2.39 bits per heavy atom. The van der Waals surface area contributed by atoms with Gasteiger partial charge in [0.15, 0.2) is 0 Å². The summed E-state index contributed by atoms with van der Waals surface area (Å²) in [6.07, 6.45) is 0.704. The molecule has 2 aromatic carbocycles. The van der Waals surface area contributed by atoms with Crippen LogP contribution in [0.1, 0.15) is 11.1 Å². The summed E-state index contributed by atoms with van der Waals surface area (Å²) in [4.78, 5) is 11.8. The van der Waals surface area contributed by atoms with Crippen LogP contribution in [0.3, 0.4) is 0 Å². The lowest BCUT2D eigenvalue weighted by Gasteiger charge is -2.06. The fraction of sp³-hybridized carbons (Fsp3) is 0.278. The Morgan fingerprint density at radius 1 is 1.09 bits per heavy atom. The number of carbonyl (C=O) groups excluding carboxylic acids is 1. The predicted molar refractivity (Wildman–Crippen MR) is 92.3 cm³/mol. The van der Waals surface area contributed by atoms with Crippen LogP contribution in [0.2, 0.25) is 0 Å². The first kappa shape index (κ1) is 17.3. The molecule has 0 fully saturated rings. The van der Waals surface area contributed by atoms with E-state index in [4.69, 9.17) is 4.74 Å². The number of nitrogens with one attached hydrogen (secondary N) is 1. The molecule has 0 bridgehead atoms. The number of amides is 1. The maximum absolute atomic E-state index is 12.8. The molecular formula is C18H20FNO2S. The zero-order chi connectivity index (χ0) is 16.5. The molecule has 0 saturated heterocycles. The molecule has 0 spiro atoms. The van der Waals surface area contributed by atoms with Crippen molar-refractivity contribution in [2.24, 2.45) is 0 Å². The lowest BCUT2D eigenvalue weighted by molar-refractivity contribution is -0.118. The van der Waals surface area contributed by atoms with Crippen LogP contribution in [0.5, 0.6) is 5.75 Å². The van der Waals surface area contributed by atoms with Gasteiger partial charge in [-0.05, 0) is 41.8 Å². The van der Waals surface area contributed by atoms with E-state index in [1.807, 2.05) is 24.3 Å². The van der Waals surface area contributed by atoms with E-state index >= 15 is 0 Å². The molecule has 1 amide bonds. The number of halogens is 1. The molecule has 2 rings (SSSR count). The highest BCUT2D eigenvalue weighted by Crippen LogP contribution is 2.16. The van der Waals surface area contributed by atoms with Gasteiger partial charge in [-0.25, -0.2) is 4.39 Å². The summed E-state index contributed by atoms with van der Waals surface area (Å²) in [5.74, 6) is 1.82. The van der Waals surface area contributed by atoms with Crippen molar-refractivity contribution >= 4 is 17.7 Å². The molecular weight excluding hydrogens is 313 g/mol. The molecule has 3 nitrogen and oxygen atoms in total. The summed E-state index contributed by atoms with van der Waals surface area (Å²) in [7, 11) is 1.64. The van der Waals surface area contributed by atoms with Crippen LogP contribution < -0.4 is 10.1 Å². The van der Waals surface area contributed by atoms with E-state index in [0.29, 0.717) is 18.7 Å². The average molecular weight is 333 g/mol. The Labute approximate surface area is 140 Å². The normalized spacial score (nSPS) is 10.3. The van der Waals surface area contributed by atoms with Crippen molar-refractivity contribution in [3.8, 4) is 5.75 Å². The Kier molecular flexibility index (Phi) is 6.94. The van der Waals surface area contributed by atoms with Crippen LogP contribution in [0.4, 0.5) is 4.39 Å². The van der Waals surface area contributed by atoms with Gasteiger partial charge in [-0.2, -0.15) is 0 Å². The number of benzene rings is 2. The fourth-order valence-electron chi connectivity index (χ4n) is 2.03. The van der Waals surface area contributed by atoms with E-state index in [-0.39, 0.29) is 11.7 Å². The number of carbonyl (C=O) groups is 1. The second-order valence-electron chi connectivity index (χ2n) is 5.07. The average Bonchev–Trinajstić information content (AvgIpc) is 2.57. The van der Waals surface area contributed by atoms with Gasteiger partial charge in [0.1, 0.15) is 11.6 Å². The van der Waals surface area contributed by atoms with E-state index in [0.717, 1.165) is 22.6 Å². The monoisotopic (exact) mass is 333 g/mol. The molecule has 122 valence electrons. The van der Waals surface area contributed by atoms with Crippen LogP contribution in [-0.4, -0.2) is 25.3 Å². The Balaban J connectivity index is 1.62. The van der Waals surface area contributed by atoms with Gasteiger partial charge in [-0.3, -0.25) is 4.79 Å². The third kappa shape index (κ3) is 6.32. The number of hydrogen-bond acceptors (Lipinski definition) is 3. The molecule has 1 N–H and O–H groups in total. The number of hydrogen-bond donors (Lipinski definition) is 1. The van der Waals surface area contributed by atoms with E-state index in [1.54, 1.807) is 31.0 Å². The van der Waals surface area contributed by atoms with Crippen molar-refractivity contribution in [2.75, 3.05) is 19.4 Å². The summed E-state index contributed by atoms with van der Waals surface area (Å²) in [6, 6.07) is 14.2. The maximum atomic E-state index is 12.8. The van der Waals surface area contributed by atoms with Gasteiger partial charge in [-0.1, -0.05) is 24.3 Å². The second kappa shape index (κ2) is 9.20. The van der Waals surface area contributed by atoms with Gasteiger partial charge in [0.2, 0.25) is 5.91 Å². The van der Waals surface area contributed by atoms with Gasteiger partial charge in [-0.15, -0.1) is 11.8 Å². The zero-order valence-electron chi connectivity index (χ0n) is 13.0. The quantitative estimate of drug-likeness (QED) is 0.804. The molecule has 0 unspecified atom stereocenters. The highest BCUT2D eigenvalue weighted by atomic mass is 32.2. The SMILES string of the molecule is COc1ccc(CSCC(=O)NCCc2ccc(F)cc2)cc1. The number of ether oxygens (including phenoxy) is 1. The van der Waals surface area contributed by atoms with Crippen LogP contribution in [-0.2, 0) is 17.0 Å². The number of rotatable bonds is 8. The highest BCUT2D eigenvalue weighted by Gasteiger charge is 2.02. The molecule has 0 aliphatic heterocycles. The molecule has 0 atom stereocenters. The van der Waals surface area contributed by atoms with Gasteiger partial charge in [0.05, 0.1) is 12.9 Å². The molecule has 0 heterocycles.